The van der Waals surface area contributed by atoms with Gasteiger partial charge in [0.2, 0.25) is 0 Å². The first-order chi connectivity index (χ1) is 6.45. The van der Waals surface area contributed by atoms with Gasteiger partial charge in [-0.25, -0.2) is 9.78 Å². The summed E-state index contributed by atoms with van der Waals surface area (Å²) in [5, 5.41) is 17.4. The van der Waals surface area contributed by atoms with E-state index in [1.165, 1.54) is 0 Å². The molecule has 0 fully saturated rings. The zero-order valence-electron chi connectivity index (χ0n) is 9.54. The Morgan fingerprint density at radius 1 is 0.857 bits per heavy atom. The van der Waals surface area contributed by atoms with Crippen molar-refractivity contribution in [3.05, 3.63) is 0 Å². The molecule has 0 aliphatic carbocycles. The summed E-state index contributed by atoms with van der Waals surface area (Å²) in [6.07, 6.45) is 2.72. The molecule has 2 atom stereocenters. The van der Waals surface area contributed by atoms with Crippen LogP contribution in [-0.2, 0) is 9.78 Å². The van der Waals surface area contributed by atoms with E-state index >= 15 is 0 Å². The van der Waals surface area contributed by atoms with Crippen LogP contribution >= 0.6 is 0 Å². The van der Waals surface area contributed by atoms with Crippen molar-refractivity contribution in [2.24, 2.45) is 0 Å². The highest BCUT2D eigenvalue weighted by Gasteiger charge is 2.30. The van der Waals surface area contributed by atoms with Gasteiger partial charge in [0.15, 0.2) is 0 Å². The van der Waals surface area contributed by atoms with Crippen molar-refractivity contribution in [3.8, 4) is 0 Å². The van der Waals surface area contributed by atoms with Gasteiger partial charge in [-0.3, -0.25) is 10.5 Å². The molecular weight excluding hydrogens is 184 g/mol. The average Bonchev–Trinajstić information content (AvgIpc) is 2.25. The Kier molecular flexibility index (Phi) is 5.59. The van der Waals surface area contributed by atoms with Crippen LogP contribution in [0.3, 0.4) is 0 Å². The molecule has 2 N–H and O–H groups in total. The van der Waals surface area contributed by atoms with E-state index in [0.29, 0.717) is 25.7 Å². The van der Waals surface area contributed by atoms with Crippen LogP contribution in [0.25, 0.3) is 0 Å². The van der Waals surface area contributed by atoms with Gasteiger partial charge < -0.3 is 0 Å². The zero-order valence-corrected chi connectivity index (χ0v) is 9.54. The molecular formula is C10H22O4. The molecule has 0 aliphatic rings. The van der Waals surface area contributed by atoms with Crippen LogP contribution in [0.4, 0.5) is 0 Å². The van der Waals surface area contributed by atoms with Crippen LogP contribution in [0.15, 0.2) is 0 Å². The van der Waals surface area contributed by atoms with E-state index in [1.54, 1.807) is 0 Å². The maximum Gasteiger partial charge on any atom is 0.100 e. The third-order valence-corrected chi connectivity index (χ3v) is 3.12. The summed E-state index contributed by atoms with van der Waals surface area (Å²) in [4.78, 5) is 8.87. The first-order valence-electron chi connectivity index (χ1n) is 5.10. The minimum atomic E-state index is -0.547. The zero-order chi connectivity index (χ0) is 11.2. The van der Waals surface area contributed by atoms with Gasteiger partial charge in [0.05, 0.1) is 0 Å². The van der Waals surface area contributed by atoms with Gasteiger partial charge >= 0.3 is 0 Å². The molecule has 0 saturated carbocycles. The first kappa shape index (κ1) is 13.8. The summed E-state index contributed by atoms with van der Waals surface area (Å²) in [5.74, 6) is 0. The first-order valence-corrected chi connectivity index (χ1v) is 5.10. The highest BCUT2D eigenvalue weighted by Crippen LogP contribution is 2.28. The van der Waals surface area contributed by atoms with E-state index in [4.69, 9.17) is 10.5 Å². The van der Waals surface area contributed by atoms with Crippen molar-refractivity contribution < 1.29 is 20.3 Å². The molecule has 0 aromatic heterocycles. The lowest BCUT2D eigenvalue weighted by molar-refractivity contribution is -0.338. The molecule has 14 heavy (non-hydrogen) atoms. The van der Waals surface area contributed by atoms with Gasteiger partial charge in [0.1, 0.15) is 11.2 Å². The molecule has 4 heteroatoms. The summed E-state index contributed by atoms with van der Waals surface area (Å²) in [6, 6.07) is 0. The van der Waals surface area contributed by atoms with Crippen LogP contribution in [-0.4, -0.2) is 21.7 Å². The van der Waals surface area contributed by atoms with Gasteiger partial charge in [0, 0.05) is 0 Å². The molecule has 0 rings (SSSR count). The summed E-state index contributed by atoms with van der Waals surface area (Å²) in [7, 11) is 0. The quantitative estimate of drug-likeness (QED) is 0.496. The predicted octanol–water partition coefficient (Wildman–Crippen LogP) is 3.08. The van der Waals surface area contributed by atoms with Crippen LogP contribution in [0, 0.1) is 0 Å². The molecule has 0 aromatic rings. The molecule has 0 amide bonds. The number of hydrogen-bond acceptors (Lipinski definition) is 4. The molecule has 4 nitrogen and oxygen atoms in total. The fraction of sp³-hybridized carbons (Fsp3) is 1.00. The second-order valence-electron chi connectivity index (χ2n) is 4.29. The lowest BCUT2D eigenvalue weighted by atomic mass is 9.88. The molecule has 2 unspecified atom stereocenters. The minimum absolute atomic E-state index is 0.547. The smallest absolute Gasteiger partial charge is 0.100 e. The SMILES string of the molecule is CCC(C)(CCC(C)(CC)OO)OO. The van der Waals surface area contributed by atoms with Crippen LogP contribution in [0.1, 0.15) is 53.4 Å². The highest BCUT2D eigenvalue weighted by molar-refractivity contribution is 4.79. The van der Waals surface area contributed by atoms with Crippen LogP contribution < -0.4 is 0 Å². The Balaban J connectivity index is 4.14. The van der Waals surface area contributed by atoms with E-state index in [0.717, 1.165) is 0 Å². The van der Waals surface area contributed by atoms with Crippen LogP contribution in [0.2, 0.25) is 0 Å². The summed E-state index contributed by atoms with van der Waals surface area (Å²) in [6.45, 7) is 7.56. The minimum Gasteiger partial charge on any atom is -0.251 e. The Hall–Kier alpha value is -0.160. The number of hydrogen-bond donors (Lipinski definition) is 2. The van der Waals surface area contributed by atoms with E-state index in [2.05, 4.69) is 9.78 Å². The lowest BCUT2D eigenvalue weighted by Crippen LogP contribution is -2.33. The van der Waals surface area contributed by atoms with Gasteiger partial charge in [-0.05, 0) is 39.5 Å². The van der Waals surface area contributed by atoms with E-state index in [-0.39, 0.29) is 0 Å². The molecule has 0 radical (unpaired) electrons. The van der Waals surface area contributed by atoms with Gasteiger partial charge in [-0.2, -0.15) is 0 Å². The molecule has 0 spiro atoms. The summed E-state index contributed by atoms with van der Waals surface area (Å²) in [5.41, 5.74) is -1.09. The lowest BCUT2D eigenvalue weighted by Gasteiger charge is -2.30. The van der Waals surface area contributed by atoms with Crippen molar-refractivity contribution in [3.63, 3.8) is 0 Å². The topological polar surface area (TPSA) is 58.9 Å². The van der Waals surface area contributed by atoms with Crippen molar-refractivity contribution in [1.82, 2.24) is 0 Å². The second kappa shape index (κ2) is 5.66. The van der Waals surface area contributed by atoms with Gasteiger partial charge in [-0.1, -0.05) is 13.8 Å². The van der Waals surface area contributed by atoms with Crippen molar-refractivity contribution >= 4 is 0 Å². The molecule has 0 bridgehead atoms. The van der Waals surface area contributed by atoms with Gasteiger partial charge in [0.25, 0.3) is 0 Å². The Labute approximate surface area is 85.7 Å². The Bertz CT molecular complexity index is 132. The normalized spacial score (nSPS) is 20.1. The molecule has 0 aromatic carbocycles. The van der Waals surface area contributed by atoms with Crippen molar-refractivity contribution in [1.29, 1.82) is 0 Å². The molecule has 0 heterocycles. The Morgan fingerprint density at radius 3 is 1.29 bits per heavy atom. The number of rotatable bonds is 7. The third kappa shape index (κ3) is 3.92. The molecule has 0 aliphatic heterocycles. The van der Waals surface area contributed by atoms with E-state index in [9.17, 15) is 0 Å². The summed E-state index contributed by atoms with van der Waals surface area (Å²) < 4.78 is 0. The van der Waals surface area contributed by atoms with Crippen molar-refractivity contribution in [2.45, 2.75) is 64.6 Å². The predicted molar refractivity (Wildman–Crippen MR) is 54.1 cm³/mol. The fourth-order valence-corrected chi connectivity index (χ4v) is 1.10. The standard InChI is InChI=1S/C10H22O4/c1-5-9(3,13-11)7-8-10(4,6-2)14-12/h11-12H,5-8H2,1-4H3. The van der Waals surface area contributed by atoms with E-state index in [1.807, 2.05) is 27.7 Å². The molecule has 0 saturated heterocycles. The maximum atomic E-state index is 8.72. The molecule has 86 valence electrons. The van der Waals surface area contributed by atoms with E-state index < -0.39 is 11.2 Å². The largest absolute Gasteiger partial charge is 0.251 e. The van der Waals surface area contributed by atoms with Gasteiger partial charge in [-0.15, -0.1) is 0 Å². The fourth-order valence-electron chi connectivity index (χ4n) is 1.10. The summed E-state index contributed by atoms with van der Waals surface area (Å²) >= 11 is 0. The van der Waals surface area contributed by atoms with Crippen LogP contribution in [0.5, 0.6) is 0 Å². The average molecular weight is 206 g/mol. The Morgan fingerprint density at radius 2 is 1.14 bits per heavy atom. The maximum absolute atomic E-state index is 8.72. The second-order valence-corrected chi connectivity index (χ2v) is 4.29. The third-order valence-electron chi connectivity index (χ3n) is 3.12. The highest BCUT2D eigenvalue weighted by atomic mass is 17.1. The van der Waals surface area contributed by atoms with Crippen molar-refractivity contribution in [2.75, 3.05) is 0 Å². The monoisotopic (exact) mass is 206 g/mol.